The van der Waals surface area contributed by atoms with Crippen molar-refractivity contribution in [3.05, 3.63) is 34.1 Å². The standard InChI is InChI=1S/C11H13BrFN/c1-11(2)6-14-10(11)7-3-4-8(12)9(13)5-7/h3-5,10,14H,6H2,1-2H3. The number of benzene rings is 1. The second-order valence-electron chi connectivity index (χ2n) is 4.48. The van der Waals surface area contributed by atoms with Gasteiger partial charge in [0.15, 0.2) is 0 Å². The third kappa shape index (κ3) is 1.59. The minimum atomic E-state index is -0.188. The molecule has 1 aliphatic heterocycles. The molecule has 0 saturated carbocycles. The van der Waals surface area contributed by atoms with E-state index in [1.54, 1.807) is 12.1 Å². The van der Waals surface area contributed by atoms with Crippen LogP contribution in [0.1, 0.15) is 25.5 Å². The Bertz CT molecular complexity index is 362. The van der Waals surface area contributed by atoms with E-state index in [9.17, 15) is 4.39 Å². The second-order valence-corrected chi connectivity index (χ2v) is 5.33. The maximum atomic E-state index is 13.3. The zero-order valence-electron chi connectivity index (χ0n) is 8.27. The highest BCUT2D eigenvalue weighted by molar-refractivity contribution is 9.10. The molecule has 3 heteroatoms. The van der Waals surface area contributed by atoms with Crippen LogP contribution in [0.5, 0.6) is 0 Å². The van der Waals surface area contributed by atoms with Gasteiger partial charge in [0.2, 0.25) is 0 Å². The minimum absolute atomic E-state index is 0.188. The van der Waals surface area contributed by atoms with Crippen molar-refractivity contribution in [2.75, 3.05) is 6.54 Å². The van der Waals surface area contributed by atoms with E-state index in [2.05, 4.69) is 35.1 Å². The monoisotopic (exact) mass is 257 g/mol. The van der Waals surface area contributed by atoms with Crippen molar-refractivity contribution in [3.63, 3.8) is 0 Å². The Morgan fingerprint density at radius 3 is 2.64 bits per heavy atom. The van der Waals surface area contributed by atoms with E-state index in [0.717, 1.165) is 12.1 Å². The van der Waals surface area contributed by atoms with Crippen molar-refractivity contribution < 1.29 is 4.39 Å². The predicted octanol–water partition coefficient (Wildman–Crippen LogP) is 3.26. The molecule has 0 radical (unpaired) electrons. The molecule has 0 aliphatic carbocycles. The lowest BCUT2D eigenvalue weighted by atomic mass is 9.74. The van der Waals surface area contributed by atoms with Gasteiger partial charge in [-0.3, -0.25) is 0 Å². The fourth-order valence-electron chi connectivity index (χ4n) is 1.87. The molecule has 1 nitrogen and oxygen atoms in total. The second kappa shape index (κ2) is 3.31. The van der Waals surface area contributed by atoms with Crippen LogP contribution in [0.4, 0.5) is 4.39 Å². The molecule has 1 unspecified atom stereocenters. The summed E-state index contributed by atoms with van der Waals surface area (Å²) in [5.74, 6) is -0.188. The molecule has 2 rings (SSSR count). The van der Waals surface area contributed by atoms with Gasteiger partial charge < -0.3 is 5.32 Å². The summed E-state index contributed by atoms with van der Waals surface area (Å²) in [6, 6.07) is 5.61. The number of nitrogens with one attached hydrogen (secondary N) is 1. The lowest BCUT2D eigenvalue weighted by Crippen LogP contribution is -2.52. The van der Waals surface area contributed by atoms with Gasteiger partial charge in [0.1, 0.15) is 5.82 Å². The highest BCUT2D eigenvalue weighted by Crippen LogP contribution is 2.40. The molecule has 1 saturated heterocycles. The number of rotatable bonds is 1. The Hall–Kier alpha value is -0.410. The van der Waals surface area contributed by atoms with Crippen LogP contribution in [-0.4, -0.2) is 6.54 Å². The Kier molecular flexibility index (Phi) is 2.40. The van der Waals surface area contributed by atoms with E-state index < -0.39 is 0 Å². The summed E-state index contributed by atoms with van der Waals surface area (Å²) in [5, 5.41) is 3.32. The van der Waals surface area contributed by atoms with Crippen LogP contribution in [0.2, 0.25) is 0 Å². The van der Waals surface area contributed by atoms with Gasteiger partial charge in [-0.25, -0.2) is 4.39 Å². The molecular weight excluding hydrogens is 245 g/mol. The van der Waals surface area contributed by atoms with Crippen LogP contribution >= 0.6 is 15.9 Å². The summed E-state index contributed by atoms with van der Waals surface area (Å²) >= 11 is 3.15. The number of hydrogen-bond donors (Lipinski definition) is 1. The van der Waals surface area contributed by atoms with Crippen LogP contribution in [0, 0.1) is 11.2 Å². The first kappa shape index (κ1) is 10.1. The van der Waals surface area contributed by atoms with Gasteiger partial charge in [-0.2, -0.15) is 0 Å². The number of hydrogen-bond acceptors (Lipinski definition) is 1. The van der Waals surface area contributed by atoms with Crippen LogP contribution in [0.15, 0.2) is 22.7 Å². The quantitative estimate of drug-likeness (QED) is 0.815. The minimum Gasteiger partial charge on any atom is -0.309 e. The lowest BCUT2D eigenvalue weighted by Gasteiger charge is -2.46. The Labute approximate surface area is 91.8 Å². The third-order valence-corrected chi connectivity index (χ3v) is 3.46. The van der Waals surface area contributed by atoms with Gasteiger partial charge in [0.05, 0.1) is 4.47 Å². The van der Waals surface area contributed by atoms with Crippen molar-refractivity contribution in [1.82, 2.24) is 5.32 Å². The van der Waals surface area contributed by atoms with Crippen LogP contribution in [0.25, 0.3) is 0 Å². The van der Waals surface area contributed by atoms with E-state index >= 15 is 0 Å². The zero-order chi connectivity index (χ0) is 10.3. The first-order valence-electron chi connectivity index (χ1n) is 4.69. The maximum absolute atomic E-state index is 13.3. The molecule has 1 aliphatic rings. The summed E-state index contributed by atoms with van der Waals surface area (Å²) in [6.45, 7) is 5.37. The summed E-state index contributed by atoms with van der Waals surface area (Å²) in [7, 11) is 0. The van der Waals surface area contributed by atoms with Gasteiger partial charge in [-0.05, 0) is 39.0 Å². The van der Waals surface area contributed by atoms with Crippen LogP contribution < -0.4 is 5.32 Å². The average Bonchev–Trinajstić information content (AvgIpc) is 2.10. The third-order valence-electron chi connectivity index (χ3n) is 2.82. The Morgan fingerprint density at radius 2 is 2.21 bits per heavy atom. The van der Waals surface area contributed by atoms with Crippen molar-refractivity contribution >= 4 is 15.9 Å². The smallest absolute Gasteiger partial charge is 0.137 e. The first-order valence-corrected chi connectivity index (χ1v) is 5.48. The topological polar surface area (TPSA) is 12.0 Å². The van der Waals surface area contributed by atoms with Crippen molar-refractivity contribution in [2.24, 2.45) is 5.41 Å². The van der Waals surface area contributed by atoms with Gasteiger partial charge in [0.25, 0.3) is 0 Å². The van der Waals surface area contributed by atoms with Gasteiger partial charge in [-0.1, -0.05) is 19.9 Å². The van der Waals surface area contributed by atoms with E-state index in [1.807, 2.05) is 6.07 Å². The van der Waals surface area contributed by atoms with Crippen molar-refractivity contribution in [3.8, 4) is 0 Å². The SMILES string of the molecule is CC1(C)CNC1c1ccc(Br)c(F)c1. The van der Waals surface area contributed by atoms with Gasteiger partial charge >= 0.3 is 0 Å². The van der Waals surface area contributed by atoms with Crippen molar-refractivity contribution in [2.45, 2.75) is 19.9 Å². The molecule has 0 amide bonds. The highest BCUT2D eigenvalue weighted by Gasteiger charge is 2.39. The average molecular weight is 258 g/mol. The molecule has 1 heterocycles. The predicted molar refractivity (Wildman–Crippen MR) is 58.6 cm³/mol. The van der Waals surface area contributed by atoms with Crippen molar-refractivity contribution in [1.29, 1.82) is 0 Å². The molecular formula is C11H13BrFN. The fourth-order valence-corrected chi connectivity index (χ4v) is 2.12. The Morgan fingerprint density at radius 1 is 1.50 bits per heavy atom. The molecule has 0 aromatic heterocycles. The number of halogens is 2. The summed E-state index contributed by atoms with van der Waals surface area (Å²) in [4.78, 5) is 0. The molecule has 1 N–H and O–H groups in total. The van der Waals surface area contributed by atoms with E-state index in [-0.39, 0.29) is 17.3 Å². The fraction of sp³-hybridized carbons (Fsp3) is 0.455. The molecule has 0 spiro atoms. The summed E-state index contributed by atoms with van der Waals surface area (Å²) in [6.07, 6.45) is 0. The van der Waals surface area contributed by atoms with Crippen LogP contribution in [0.3, 0.4) is 0 Å². The summed E-state index contributed by atoms with van der Waals surface area (Å²) < 4.78 is 13.8. The molecule has 14 heavy (non-hydrogen) atoms. The molecule has 1 aromatic carbocycles. The Balaban J connectivity index is 2.30. The molecule has 0 bridgehead atoms. The van der Waals surface area contributed by atoms with Gasteiger partial charge in [0, 0.05) is 12.6 Å². The molecule has 1 atom stereocenters. The highest BCUT2D eigenvalue weighted by atomic mass is 79.9. The van der Waals surface area contributed by atoms with Crippen LogP contribution in [-0.2, 0) is 0 Å². The largest absolute Gasteiger partial charge is 0.309 e. The molecule has 1 aromatic rings. The first-order chi connectivity index (χ1) is 6.50. The maximum Gasteiger partial charge on any atom is 0.137 e. The van der Waals surface area contributed by atoms with E-state index in [0.29, 0.717) is 4.47 Å². The molecule has 76 valence electrons. The van der Waals surface area contributed by atoms with E-state index in [1.165, 1.54) is 0 Å². The molecule has 1 fully saturated rings. The van der Waals surface area contributed by atoms with E-state index in [4.69, 9.17) is 0 Å². The van der Waals surface area contributed by atoms with Gasteiger partial charge in [-0.15, -0.1) is 0 Å². The normalized spacial score (nSPS) is 24.4. The lowest BCUT2D eigenvalue weighted by molar-refractivity contribution is 0.128. The zero-order valence-corrected chi connectivity index (χ0v) is 9.86. The summed E-state index contributed by atoms with van der Waals surface area (Å²) in [5.41, 5.74) is 1.27.